The van der Waals surface area contributed by atoms with Gasteiger partial charge in [-0.15, -0.1) is 5.10 Å². The number of rotatable bonds is 17. The molecule has 0 saturated heterocycles. The number of esters is 1. The molecule has 0 spiro atoms. The van der Waals surface area contributed by atoms with Gasteiger partial charge in [0, 0.05) is 24.2 Å². The Bertz CT molecular complexity index is 1690. The van der Waals surface area contributed by atoms with E-state index in [0.717, 1.165) is 11.3 Å². The van der Waals surface area contributed by atoms with Crippen LogP contribution in [0.1, 0.15) is 49.2 Å². The third-order valence-electron chi connectivity index (χ3n) is 6.31. The maximum atomic E-state index is 13.0. The monoisotopic (exact) mass is 651 g/mol. The van der Waals surface area contributed by atoms with Crippen molar-refractivity contribution in [3.8, 4) is 23.1 Å². The molecule has 2 heterocycles. The molecule has 0 aliphatic heterocycles. The molecule has 0 bridgehead atoms. The fourth-order valence-corrected chi connectivity index (χ4v) is 5.48. The predicted molar refractivity (Wildman–Crippen MR) is 172 cm³/mol. The molecule has 244 valence electrons. The van der Waals surface area contributed by atoms with Crippen LogP contribution in [0, 0.1) is 6.92 Å². The van der Waals surface area contributed by atoms with Crippen LogP contribution in [0.3, 0.4) is 0 Å². The van der Waals surface area contributed by atoms with Crippen molar-refractivity contribution >= 4 is 25.7 Å². The van der Waals surface area contributed by atoms with Gasteiger partial charge in [-0.1, -0.05) is 24.3 Å². The lowest BCUT2D eigenvalue weighted by molar-refractivity contribution is -0.137. The predicted octanol–water partition coefficient (Wildman–Crippen LogP) is 7.15. The SMILES string of the molecule is CCOC(=O)C=Cc1nc(COc2ccc(COc3nn(-c4ccccc4)cc3C=CP(=O)(OCC)OCC)cc2OC)c(C)o1. The highest BCUT2D eigenvalue weighted by atomic mass is 31.2. The van der Waals surface area contributed by atoms with E-state index in [1.54, 1.807) is 63.9 Å². The third kappa shape index (κ3) is 9.43. The van der Waals surface area contributed by atoms with Gasteiger partial charge in [-0.05, 0) is 63.6 Å². The molecule has 0 fully saturated rings. The number of hydrogen-bond donors (Lipinski definition) is 0. The molecule has 0 atom stereocenters. The van der Waals surface area contributed by atoms with Gasteiger partial charge in [0.25, 0.3) is 0 Å². The van der Waals surface area contributed by atoms with Crippen molar-refractivity contribution in [2.45, 2.75) is 40.9 Å². The van der Waals surface area contributed by atoms with Crippen molar-refractivity contribution in [1.29, 1.82) is 0 Å². The second-order valence-electron chi connectivity index (χ2n) is 9.56. The number of methoxy groups -OCH3 is 1. The standard InChI is InChI=1S/C33H38N3O9P/c1-6-40-32(37)17-16-31-34-28(24(4)45-31)23-41-29-15-14-25(20-30(29)39-5)22-42-33-26(18-19-46(38,43-7-2)44-8-3)21-36(35-33)27-12-10-9-11-13-27/h9-21H,6-8,22-23H2,1-5H3. The number of hydrogen-bond acceptors (Lipinski definition) is 11. The number of aromatic nitrogens is 3. The lowest BCUT2D eigenvalue weighted by atomic mass is 10.2. The first kappa shape index (κ1) is 34.2. The summed E-state index contributed by atoms with van der Waals surface area (Å²) >= 11 is 0. The number of ether oxygens (including phenoxy) is 4. The van der Waals surface area contributed by atoms with Gasteiger partial charge in [-0.2, -0.15) is 0 Å². The summed E-state index contributed by atoms with van der Waals surface area (Å²) in [7, 11) is -1.89. The quantitative estimate of drug-likeness (QED) is 0.0655. The van der Waals surface area contributed by atoms with Crippen LogP contribution < -0.4 is 14.2 Å². The van der Waals surface area contributed by atoms with Crippen LogP contribution in [0.4, 0.5) is 0 Å². The molecule has 46 heavy (non-hydrogen) atoms. The van der Waals surface area contributed by atoms with Crippen LogP contribution in [0.25, 0.3) is 17.8 Å². The Hall–Kier alpha value is -4.64. The fraction of sp³-hybridized carbons (Fsp3) is 0.303. The van der Waals surface area contributed by atoms with Crippen molar-refractivity contribution in [2.75, 3.05) is 26.9 Å². The fourth-order valence-electron chi connectivity index (χ4n) is 4.17. The Morgan fingerprint density at radius 3 is 2.41 bits per heavy atom. The zero-order valence-corrected chi connectivity index (χ0v) is 27.4. The minimum absolute atomic E-state index is 0.120. The maximum Gasteiger partial charge on any atom is 0.354 e. The van der Waals surface area contributed by atoms with E-state index in [1.807, 2.05) is 36.4 Å². The van der Waals surface area contributed by atoms with Crippen molar-refractivity contribution in [3.05, 3.63) is 95.1 Å². The van der Waals surface area contributed by atoms with Gasteiger partial charge in [0.15, 0.2) is 11.5 Å². The number of carbonyl (C=O) groups excluding carboxylic acids is 1. The van der Waals surface area contributed by atoms with E-state index in [-0.39, 0.29) is 38.9 Å². The first-order valence-corrected chi connectivity index (χ1v) is 16.3. The molecule has 2 aromatic carbocycles. The lowest BCUT2D eigenvalue weighted by Gasteiger charge is -2.13. The van der Waals surface area contributed by atoms with Crippen molar-refractivity contribution in [1.82, 2.24) is 14.8 Å². The van der Waals surface area contributed by atoms with Crippen LogP contribution >= 0.6 is 7.60 Å². The molecule has 4 rings (SSSR count). The van der Waals surface area contributed by atoms with Crippen molar-refractivity contribution in [3.63, 3.8) is 0 Å². The normalized spacial score (nSPS) is 11.8. The Morgan fingerprint density at radius 1 is 0.957 bits per heavy atom. The summed E-state index contributed by atoms with van der Waals surface area (Å²) in [6.07, 6.45) is 6.12. The van der Waals surface area contributed by atoms with Crippen LogP contribution in [0.15, 0.2) is 71.0 Å². The molecule has 0 unspecified atom stereocenters. The van der Waals surface area contributed by atoms with Gasteiger partial charge in [-0.25, -0.2) is 14.5 Å². The van der Waals surface area contributed by atoms with Gasteiger partial charge in [0.2, 0.25) is 11.8 Å². The van der Waals surface area contributed by atoms with Crippen LogP contribution in [0.5, 0.6) is 17.4 Å². The minimum atomic E-state index is -3.44. The van der Waals surface area contributed by atoms with Gasteiger partial charge in [0.05, 0.1) is 38.2 Å². The molecule has 0 aliphatic carbocycles. The summed E-state index contributed by atoms with van der Waals surface area (Å²) in [5, 5.41) is 4.62. The lowest BCUT2D eigenvalue weighted by Crippen LogP contribution is -2.02. The van der Waals surface area contributed by atoms with Crippen LogP contribution in [-0.2, 0) is 36.4 Å². The van der Waals surface area contributed by atoms with E-state index < -0.39 is 13.6 Å². The van der Waals surface area contributed by atoms with Gasteiger partial charge >= 0.3 is 13.6 Å². The van der Waals surface area contributed by atoms with Crippen LogP contribution in [0.2, 0.25) is 0 Å². The van der Waals surface area contributed by atoms with E-state index in [9.17, 15) is 9.36 Å². The van der Waals surface area contributed by atoms with Crippen LogP contribution in [-0.4, -0.2) is 47.7 Å². The number of oxazole rings is 1. The Morgan fingerprint density at radius 2 is 1.72 bits per heavy atom. The molecule has 0 N–H and O–H groups in total. The molecule has 2 aromatic heterocycles. The molecule has 12 nitrogen and oxygen atoms in total. The summed E-state index contributed by atoms with van der Waals surface area (Å²) in [4.78, 5) is 16.0. The minimum Gasteiger partial charge on any atom is -0.493 e. The Balaban J connectivity index is 1.48. The summed E-state index contributed by atoms with van der Waals surface area (Å²) < 4.78 is 53.7. The number of nitrogens with zero attached hydrogens (tertiary/aromatic N) is 3. The van der Waals surface area contributed by atoms with Gasteiger partial charge in [0.1, 0.15) is 24.7 Å². The summed E-state index contributed by atoms with van der Waals surface area (Å²) in [5.74, 6) is 3.09. The molecule has 4 aromatic rings. The summed E-state index contributed by atoms with van der Waals surface area (Å²) in [6.45, 7) is 8.05. The average Bonchev–Trinajstić information content (AvgIpc) is 3.64. The largest absolute Gasteiger partial charge is 0.493 e. The molecule has 0 saturated carbocycles. The number of aryl methyl sites for hydroxylation is 1. The molecular weight excluding hydrogens is 613 g/mol. The first-order valence-electron chi connectivity index (χ1n) is 14.7. The van der Waals surface area contributed by atoms with E-state index in [1.165, 1.54) is 18.0 Å². The van der Waals surface area contributed by atoms with Crippen molar-refractivity contribution in [2.24, 2.45) is 0 Å². The zero-order chi connectivity index (χ0) is 32.9. The second kappa shape index (κ2) is 16.6. The van der Waals surface area contributed by atoms with E-state index in [4.69, 9.17) is 32.4 Å². The van der Waals surface area contributed by atoms with E-state index in [0.29, 0.717) is 34.4 Å². The van der Waals surface area contributed by atoms with Gasteiger partial charge < -0.3 is 32.4 Å². The van der Waals surface area contributed by atoms with Gasteiger partial charge in [-0.3, -0.25) is 4.57 Å². The number of para-hydroxylation sites is 1. The highest BCUT2D eigenvalue weighted by Gasteiger charge is 2.20. The molecule has 0 radical (unpaired) electrons. The molecule has 0 amide bonds. The topological polar surface area (TPSA) is 133 Å². The Labute approximate surface area is 268 Å². The molecule has 13 heteroatoms. The third-order valence-corrected chi connectivity index (χ3v) is 8.06. The summed E-state index contributed by atoms with van der Waals surface area (Å²) in [6, 6.07) is 15.0. The van der Waals surface area contributed by atoms with E-state index in [2.05, 4.69) is 10.1 Å². The smallest absolute Gasteiger partial charge is 0.354 e. The first-order chi connectivity index (χ1) is 22.3. The van der Waals surface area contributed by atoms with E-state index >= 15 is 0 Å². The zero-order valence-electron chi connectivity index (χ0n) is 26.5. The Kier molecular flexibility index (Phi) is 12.4. The van der Waals surface area contributed by atoms with Crippen molar-refractivity contribution < 1.29 is 41.8 Å². The number of carbonyl (C=O) groups is 1. The number of benzene rings is 2. The molecule has 0 aliphatic rings. The highest BCUT2D eigenvalue weighted by Crippen LogP contribution is 2.50. The highest BCUT2D eigenvalue weighted by molar-refractivity contribution is 7.57. The molecular formula is C33H38N3O9P. The summed E-state index contributed by atoms with van der Waals surface area (Å²) in [5.41, 5.74) is 2.80. The average molecular weight is 652 g/mol. The second-order valence-corrected chi connectivity index (χ2v) is 11.5. The maximum absolute atomic E-state index is 13.0.